The predicted octanol–water partition coefficient (Wildman–Crippen LogP) is 5.51. The number of aromatic nitrogens is 2. The van der Waals surface area contributed by atoms with E-state index in [2.05, 4.69) is 21.0 Å². The summed E-state index contributed by atoms with van der Waals surface area (Å²) in [7, 11) is 1.34. The second-order valence-corrected chi connectivity index (χ2v) is 6.84. The molecule has 3 aromatic carbocycles. The van der Waals surface area contributed by atoms with Crippen molar-refractivity contribution < 1.29 is 18.7 Å². The average molecular weight is 441 g/mol. The van der Waals surface area contributed by atoms with Crippen LogP contribution in [0.3, 0.4) is 0 Å². The fraction of sp³-hybridized carbons (Fsp3) is 0.0476. The van der Waals surface area contributed by atoms with Crippen molar-refractivity contribution in [3.05, 3.63) is 82.7 Å². The molecule has 4 aromatic rings. The van der Waals surface area contributed by atoms with Crippen LogP contribution in [0.25, 0.3) is 16.6 Å². The highest BCUT2D eigenvalue weighted by molar-refractivity contribution is 9.10. The van der Waals surface area contributed by atoms with Crippen molar-refractivity contribution in [1.29, 1.82) is 0 Å². The monoisotopic (exact) mass is 440 g/mol. The Morgan fingerprint density at radius 3 is 2.43 bits per heavy atom. The van der Waals surface area contributed by atoms with Crippen LogP contribution in [0.15, 0.2) is 71.3 Å². The van der Waals surface area contributed by atoms with Gasteiger partial charge in [-0.2, -0.15) is 5.10 Å². The molecule has 0 aliphatic rings. The first-order chi connectivity index (χ1) is 13.5. The van der Waals surface area contributed by atoms with E-state index in [0.29, 0.717) is 17.1 Å². The zero-order chi connectivity index (χ0) is 19.7. The van der Waals surface area contributed by atoms with Crippen molar-refractivity contribution in [2.75, 3.05) is 7.11 Å². The molecule has 140 valence electrons. The van der Waals surface area contributed by atoms with Gasteiger partial charge in [-0.05, 0) is 70.5 Å². The van der Waals surface area contributed by atoms with Crippen molar-refractivity contribution in [3.8, 4) is 17.2 Å². The lowest BCUT2D eigenvalue weighted by atomic mass is 10.2. The summed E-state index contributed by atoms with van der Waals surface area (Å²) in [6.07, 6.45) is 1.73. The molecule has 4 rings (SSSR count). The number of rotatable bonds is 4. The molecule has 28 heavy (non-hydrogen) atoms. The summed E-state index contributed by atoms with van der Waals surface area (Å²) >= 11 is 3.54. The van der Waals surface area contributed by atoms with Gasteiger partial charge in [0.2, 0.25) is 0 Å². The number of hydrogen-bond acceptors (Lipinski definition) is 4. The Hall–Kier alpha value is -3.19. The van der Waals surface area contributed by atoms with Gasteiger partial charge < -0.3 is 9.47 Å². The van der Waals surface area contributed by atoms with Gasteiger partial charge in [-0.3, -0.25) is 0 Å². The lowest BCUT2D eigenvalue weighted by molar-refractivity contribution is 0.0600. The maximum absolute atomic E-state index is 13.2. The third-order valence-electron chi connectivity index (χ3n) is 4.19. The van der Waals surface area contributed by atoms with Gasteiger partial charge >= 0.3 is 5.97 Å². The summed E-state index contributed by atoms with van der Waals surface area (Å²) in [5, 5.41) is 5.30. The van der Waals surface area contributed by atoms with E-state index < -0.39 is 5.97 Å². The second kappa shape index (κ2) is 7.44. The molecule has 0 bridgehead atoms. The van der Waals surface area contributed by atoms with E-state index in [1.54, 1.807) is 47.3 Å². The van der Waals surface area contributed by atoms with Crippen molar-refractivity contribution in [3.63, 3.8) is 0 Å². The highest BCUT2D eigenvalue weighted by atomic mass is 79.9. The van der Waals surface area contributed by atoms with E-state index in [9.17, 15) is 9.18 Å². The van der Waals surface area contributed by atoms with E-state index in [1.165, 1.54) is 19.2 Å². The summed E-state index contributed by atoms with van der Waals surface area (Å²) in [4.78, 5) is 11.5. The van der Waals surface area contributed by atoms with Crippen LogP contribution in [0, 0.1) is 5.82 Å². The second-order valence-electron chi connectivity index (χ2n) is 5.99. The Labute approximate surface area is 168 Å². The number of halogens is 2. The van der Waals surface area contributed by atoms with Gasteiger partial charge in [-0.1, -0.05) is 0 Å². The van der Waals surface area contributed by atoms with Crippen LogP contribution in [0.5, 0.6) is 11.5 Å². The SMILES string of the molecule is COC(=O)c1ccc(Oc2cc(Br)c3cnn(-c4ccc(F)cc4)c3c2)cc1. The van der Waals surface area contributed by atoms with E-state index in [4.69, 9.17) is 9.47 Å². The van der Waals surface area contributed by atoms with Crippen molar-refractivity contribution >= 4 is 32.8 Å². The molecule has 0 fully saturated rings. The van der Waals surface area contributed by atoms with E-state index in [-0.39, 0.29) is 5.82 Å². The Kier molecular flexibility index (Phi) is 4.83. The molecule has 0 aliphatic heterocycles. The molecule has 0 N–H and O–H groups in total. The van der Waals surface area contributed by atoms with Crippen LogP contribution < -0.4 is 4.74 Å². The number of methoxy groups -OCH3 is 1. The number of esters is 1. The van der Waals surface area contributed by atoms with E-state index >= 15 is 0 Å². The minimum atomic E-state index is -0.404. The number of nitrogens with zero attached hydrogens (tertiary/aromatic N) is 2. The first kappa shape index (κ1) is 18.2. The average Bonchev–Trinajstić information content (AvgIpc) is 3.13. The maximum Gasteiger partial charge on any atom is 0.337 e. The number of carbonyl (C=O) groups excluding carboxylic acids is 1. The Morgan fingerprint density at radius 2 is 1.75 bits per heavy atom. The molecule has 0 unspecified atom stereocenters. The van der Waals surface area contributed by atoms with Gasteiger partial charge in [-0.25, -0.2) is 13.9 Å². The number of hydrogen-bond donors (Lipinski definition) is 0. The molecule has 0 saturated carbocycles. The molecule has 1 aromatic heterocycles. The van der Waals surface area contributed by atoms with Crippen LogP contribution in [0.2, 0.25) is 0 Å². The Morgan fingerprint density at radius 1 is 1.04 bits per heavy atom. The zero-order valence-corrected chi connectivity index (χ0v) is 16.3. The lowest BCUT2D eigenvalue weighted by Gasteiger charge is -2.09. The summed E-state index contributed by atoms with van der Waals surface area (Å²) in [5.41, 5.74) is 1.99. The smallest absolute Gasteiger partial charge is 0.337 e. The van der Waals surface area contributed by atoms with Crippen LogP contribution in [0.1, 0.15) is 10.4 Å². The topological polar surface area (TPSA) is 53.4 Å². The molecule has 0 atom stereocenters. The molecule has 0 saturated heterocycles. The first-order valence-corrected chi connectivity index (χ1v) is 9.14. The molecule has 0 aliphatic carbocycles. The van der Waals surface area contributed by atoms with Gasteiger partial charge in [0.25, 0.3) is 0 Å². The number of carbonyl (C=O) groups is 1. The summed E-state index contributed by atoms with van der Waals surface area (Å²) in [5.74, 6) is 0.459. The third-order valence-corrected chi connectivity index (χ3v) is 4.85. The molecule has 7 heteroatoms. The number of benzene rings is 3. The van der Waals surface area contributed by atoms with E-state index in [0.717, 1.165) is 21.1 Å². The summed E-state index contributed by atoms with van der Waals surface area (Å²) < 4.78 is 26.4. The molecule has 0 radical (unpaired) electrons. The van der Waals surface area contributed by atoms with Gasteiger partial charge in [0.1, 0.15) is 17.3 Å². The van der Waals surface area contributed by atoms with Crippen molar-refractivity contribution in [1.82, 2.24) is 9.78 Å². The van der Waals surface area contributed by atoms with Gasteiger partial charge in [-0.15, -0.1) is 0 Å². The molecule has 1 heterocycles. The van der Waals surface area contributed by atoms with E-state index in [1.807, 2.05) is 12.1 Å². The highest BCUT2D eigenvalue weighted by Gasteiger charge is 2.12. The first-order valence-electron chi connectivity index (χ1n) is 8.34. The zero-order valence-electron chi connectivity index (χ0n) is 14.7. The molecule has 0 spiro atoms. The van der Waals surface area contributed by atoms with Gasteiger partial charge in [0.05, 0.1) is 30.1 Å². The summed E-state index contributed by atoms with van der Waals surface area (Å²) in [6.45, 7) is 0. The largest absolute Gasteiger partial charge is 0.465 e. The standard InChI is InChI=1S/C21H14BrFN2O3/c1-27-21(26)13-2-8-16(9-3-13)28-17-10-19(22)18-12-24-25(20(18)11-17)15-6-4-14(23)5-7-15/h2-12H,1H3. The molecular weight excluding hydrogens is 427 g/mol. The molecule has 5 nitrogen and oxygen atoms in total. The highest BCUT2D eigenvalue weighted by Crippen LogP contribution is 2.33. The third kappa shape index (κ3) is 3.48. The summed E-state index contributed by atoms with van der Waals surface area (Å²) in [6, 6.07) is 16.5. The maximum atomic E-state index is 13.2. The van der Waals surface area contributed by atoms with Crippen LogP contribution in [-0.2, 0) is 4.74 Å². The fourth-order valence-electron chi connectivity index (χ4n) is 2.82. The van der Waals surface area contributed by atoms with Gasteiger partial charge in [0.15, 0.2) is 0 Å². The molecular formula is C21H14BrFN2O3. The van der Waals surface area contributed by atoms with Gasteiger partial charge in [0, 0.05) is 15.9 Å². The van der Waals surface area contributed by atoms with Crippen molar-refractivity contribution in [2.45, 2.75) is 0 Å². The lowest BCUT2D eigenvalue weighted by Crippen LogP contribution is -2.00. The Bertz CT molecular complexity index is 1150. The van der Waals surface area contributed by atoms with Crippen LogP contribution in [0.4, 0.5) is 4.39 Å². The normalized spacial score (nSPS) is 10.8. The number of fused-ring (bicyclic) bond motifs is 1. The number of ether oxygens (including phenoxy) is 2. The quantitative estimate of drug-likeness (QED) is 0.392. The van der Waals surface area contributed by atoms with Crippen LogP contribution in [-0.4, -0.2) is 22.9 Å². The minimum absolute atomic E-state index is 0.305. The van der Waals surface area contributed by atoms with Crippen molar-refractivity contribution in [2.24, 2.45) is 0 Å². The molecule has 0 amide bonds. The predicted molar refractivity (Wildman–Crippen MR) is 107 cm³/mol. The minimum Gasteiger partial charge on any atom is -0.465 e. The Balaban J connectivity index is 1.69. The van der Waals surface area contributed by atoms with Crippen LogP contribution >= 0.6 is 15.9 Å². The fourth-order valence-corrected chi connectivity index (χ4v) is 3.35.